The van der Waals surface area contributed by atoms with Gasteiger partial charge in [-0.1, -0.05) is 53.9 Å². The van der Waals surface area contributed by atoms with Crippen LogP contribution in [0.3, 0.4) is 0 Å². The van der Waals surface area contributed by atoms with Crippen molar-refractivity contribution >= 4 is 6.16 Å². The van der Waals surface area contributed by atoms with E-state index in [-0.39, 0.29) is 11.5 Å². The molecule has 0 aliphatic carbocycles. The topological polar surface area (TPSA) is 55.8 Å². The molecule has 0 rings (SSSR count). The van der Waals surface area contributed by atoms with E-state index in [1.54, 1.807) is 0 Å². The van der Waals surface area contributed by atoms with Crippen molar-refractivity contribution in [1.82, 2.24) is 0 Å². The zero-order valence-electron chi connectivity index (χ0n) is 11.7. The van der Waals surface area contributed by atoms with Crippen LogP contribution in [0, 0.1) is 11.3 Å². The molecule has 0 heterocycles. The lowest BCUT2D eigenvalue weighted by molar-refractivity contribution is -0.314. The van der Waals surface area contributed by atoms with Crippen molar-refractivity contribution < 1.29 is 19.7 Å². The Bertz CT molecular complexity index is 220. The van der Waals surface area contributed by atoms with E-state index < -0.39 is 6.16 Å². The lowest BCUT2D eigenvalue weighted by Gasteiger charge is -2.34. The molecule has 0 spiro atoms. The molecule has 0 bridgehead atoms. The van der Waals surface area contributed by atoms with Crippen LogP contribution in [0.4, 0.5) is 4.79 Å². The van der Waals surface area contributed by atoms with Gasteiger partial charge in [0.25, 0.3) is 0 Å². The highest BCUT2D eigenvalue weighted by molar-refractivity contribution is 5.55. The quantitative estimate of drug-likeness (QED) is 0.539. The molecule has 0 amide bonds. The third-order valence-corrected chi connectivity index (χ3v) is 2.96. The molecule has 2 unspecified atom stereocenters. The Morgan fingerprint density at radius 3 is 2.24 bits per heavy atom. The second kappa shape index (κ2) is 7.54. The normalized spacial score (nSPS) is 15.4. The number of unbranched alkanes of at least 4 members (excludes halogenated alkanes) is 1. The van der Waals surface area contributed by atoms with Crippen molar-refractivity contribution in [2.45, 2.75) is 66.4 Å². The summed E-state index contributed by atoms with van der Waals surface area (Å²) in [7, 11) is 0. The zero-order valence-corrected chi connectivity index (χ0v) is 11.7. The lowest BCUT2D eigenvalue weighted by atomic mass is 9.78. The van der Waals surface area contributed by atoms with Gasteiger partial charge in [0.1, 0.15) is 6.10 Å². The molecule has 0 aromatic carbocycles. The molecule has 0 saturated carbocycles. The molecular formula is C13H26O4. The van der Waals surface area contributed by atoms with Gasteiger partial charge in [0.15, 0.2) is 0 Å². The fourth-order valence-corrected chi connectivity index (χ4v) is 2.06. The molecule has 0 saturated heterocycles. The first-order valence-corrected chi connectivity index (χ1v) is 6.39. The Morgan fingerprint density at radius 1 is 1.29 bits per heavy atom. The van der Waals surface area contributed by atoms with Gasteiger partial charge in [0, 0.05) is 0 Å². The van der Waals surface area contributed by atoms with Crippen molar-refractivity contribution in [3.05, 3.63) is 0 Å². The molecule has 4 nitrogen and oxygen atoms in total. The largest absolute Gasteiger partial charge is 0.537 e. The minimum atomic E-state index is -1.38. The van der Waals surface area contributed by atoms with Gasteiger partial charge in [-0.2, -0.15) is 4.89 Å². The van der Waals surface area contributed by atoms with Gasteiger partial charge >= 0.3 is 6.16 Å². The van der Waals surface area contributed by atoms with E-state index in [4.69, 9.17) is 9.99 Å². The molecule has 102 valence electrons. The summed E-state index contributed by atoms with van der Waals surface area (Å²) in [4.78, 5) is 19.8. The predicted octanol–water partition coefficient (Wildman–Crippen LogP) is 4.24. The third kappa shape index (κ3) is 6.51. The van der Waals surface area contributed by atoms with Crippen LogP contribution in [0.5, 0.6) is 0 Å². The summed E-state index contributed by atoms with van der Waals surface area (Å²) < 4.78 is 0. The van der Waals surface area contributed by atoms with Gasteiger partial charge in [-0.15, -0.1) is 0 Å². The summed E-state index contributed by atoms with van der Waals surface area (Å²) in [6, 6.07) is 0. The fraction of sp³-hybridized carbons (Fsp3) is 0.923. The first-order chi connectivity index (χ1) is 7.82. The smallest absolute Gasteiger partial charge is 0.448 e. The van der Waals surface area contributed by atoms with Crippen LogP contribution >= 0.6 is 0 Å². The average Bonchev–Trinajstić information content (AvgIpc) is 2.20. The summed E-state index contributed by atoms with van der Waals surface area (Å²) >= 11 is 0. The van der Waals surface area contributed by atoms with E-state index in [1.807, 2.05) is 20.8 Å². The van der Waals surface area contributed by atoms with E-state index in [9.17, 15) is 4.79 Å². The van der Waals surface area contributed by atoms with Gasteiger partial charge in [-0.25, -0.2) is 4.79 Å². The number of hydrogen-bond acceptors (Lipinski definition) is 3. The molecule has 0 aliphatic heterocycles. The molecule has 17 heavy (non-hydrogen) atoms. The standard InChI is InChI=1S/C13H26O4/c1-6-8-9-10(7-2)11(13(3,4)5)16-17-12(14)15/h10-11H,6-9H2,1-5H3,(H,14,15). The maximum atomic E-state index is 10.4. The number of rotatable bonds is 7. The molecule has 0 aromatic rings. The maximum Gasteiger partial charge on any atom is 0.537 e. The second-order valence-electron chi connectivity index (χ2n) is 5.54. The third-order valence-electron chi connectivity index (χ3n) is 2.96. The van der Waals surface area contributed by atoms with Crippen molar-refractivity contribution in [3.8, 4) is 0 Å². The SMILES string of the molecule is CCCCC(CC)C(OOC(=O)O)C(C)(C)C. The van der Waals surface area contributed by atoms with Crippen LogP contribution in [0.2, 0.25) is 0 Å². The van der Waals surface area contributed by atoms with Crippen LogP contribution in [0.1, 0.15) is 60.3 Å². The molecule has 4 heteroatoms. The van der Waals surface area contributed by atoms with Gasteiger partial charge < -0.3 is 5.11 Å². The van der Waals surface area contributed by atoms with Crippen LogP contribution in [-0.2, 0) is 9.78 Å². The Hall–Kier alpha value is -0.770. The molecule has 0 aliphatic rings. The van der Waals surface area contributed by atoms with Crippen LogP contribution in [-0.4, -0.2) is 17.4 Å². The van der Waals surface area contributed by atoms with Gasteiger partial charge in [0.2, 0.25) is 0 Å². The molecule has 0 radical (unpaired) electrons. The minimum Gasteiger partial charge on any atom is -0.448 e. The molecule has 0 fully saturated rings. The maximum absolute atomic E-state index is 10.4. The van der Waals surface area contributed by atoms with Crippen molar-refractivity contribution in [1.29, 1.82) is 0 Å². The van der Waals surface area contributed by atoms with Gasteiger partial charge in [-0.05, 0) is 17.8 Å². The predicted molar refractivity (Wildman–Crippen MR) is 66.7 cm³/mol. The number of carbonyl (C=O) groups is 1. The zero-order chi connectivity index (χ0) is 13.5. The average molecular weight is 246 g/mol. The lowest BCUT2D eigenvalue weighted by Crippen LogP contribution is -2.37. The molecule has 1 N–H and O–H groups in total. The Labute approximate surface area is 104 Å². The summed E-state index contributed by atoms with van der Waals surface area (Å²) in [5, 5.41) is 8.51. The highest BCUT2D eigenvalue weighted by Gasteiger charge is 2.34. The fourth-order valence-electron chi connectivity index (χ4n) is 2.06. The van der Waals surface area contributed by atoms with E-state index in [1.165, 1.54) is 0 Å². The Balaban J connectivity index is 4.57. The summed E-state index contributed by atoms with van der Waals surface area (Å²) in [6.45, 7) is 10.4. The van der Waals surface area contributed by atoms with Crippen molar-refractivity contribution in [2.24, 2.45) is 11.3 Å². The Kier molecular flexibility index (Phi) is 7.19. The monoisotopic (exact) mass is 246 g/mol. The van der Waals surface area contributed by atoms with E-state index in [0.717, 1.165) is 25.7 Å². The summed E-state index contributed by atoms with van der Waals surface area (Å²) in [5.74, 6) is 0.328. The summed E-state index contributed by atoms with van der Waals surface area (Å²) in [6.07, 6.45) is 2.68. The van der Waals surface area contributed by atoms with Gasteiger partial charge in [0.05, 0.1) is 0 Å². The minimum absolute atomic E-state index is 0.135. The highest BCUT2D eigenvalue weighted by Crippen LogP contribution is 2.33. The van der Waals surface area contributed by atoms with Crippen LogP contribution in [0.15, 0.2) is 0 Å². The number of hydrogen-bond donors (Lipinski definition) is 1. The molecule has 0 aromatic heterocycles. The van der Waals surface area contributed by atoms with Gasteiger partial charge in [-0.3, -0.25) is 4.89 Å². The van der Waals surface area contributed by atoms with Crippen LogP contribution < -0.4 is 0 Å². The summed E-state index contributed by atoms with van der Waals surface area (Å²) in [5.41, 5.74) is -0.135. The van der Waals surface area contributed by atoms with Crippen molar-refractivity contribution in [2.75, 3.05) is 0 Å². The van der Waals surface area contributed by atoms with Crippen LogP contribution in [0.25, 0.3) is 0 Å². The highest BCUT2D eigenvalue weighted by atomic mass is 17.2. The Morgan fingerprint density at radius 2 is 1.88 bits per heavy atom. The molecule has 2 atom stereocenters. The molecular weight excluding hydrogens is 220 g/mol. The van der Waals surface area contributed by atoms with Crippen molar-refractivity contribution in [3.63, 3.8) is 0 Å². The first-order valence-electron chi connectivity index (χ1n) is 6.39. The second-order valence-corrected chi connectivity index (χ2v) is 5.54. The van der Waals surface area contributed by atoms with E-state index in [0.29, 0.717) is 5.92 Å². The van der Waals surface area contributed by atoms with E-state index >= 15 is 0 Å². The first kappa shape index (κ1) is 16.2. The van der Waals surface area contributed by atoms with E-state index in [2.05, 4.69) is 18.7 Å². The number of carboxylic acid groups (broad SMARTS) is 1.